The molecule has 3 atom stereocenters. The Morgan fingerprint density at radius 1 is 1.26 bits per heavy atom. The third-order valence-electron chi connectivity index (χ3n) is 4.30. The first-order chi connectivity index (χ1) is 9.09. The number of amides is 1. The number of carbonyl (C=O) groups is 2. The molecule has 0 spiro atoms. The Balaban J connectivity index is 1.78. The molecule has 19 heavy (non-hydrogen) atoms. The number of hydrogen-bond donors (Lipinski definition) is 1. The molecule has 1 N–H and O–H groups in total. The normalized spacial score (nSPS) is 28.7. The van der Waals surface area contributed by atoms with E-state index in [0.29, 0.717) is 13.0 Å². The zero-order valence-corrected chi connectivity index (χ0v) is 10.9. The molecule has 1 amide bonds. The Morgan fingerprint density at radius 2 is 2.00 bits per heavy atom. The van der Waals surface area contributed by atoms with Gasteiger partial charge in [-0.1, -0.05) is 24.3 Å². The third-order valence-corrected chi connectivity index (χ3v) is 4.30. The molecular formula is C15H17NO3. The number of fused-ring (bicyclic) bond motifs is 1. The van der Waals surface area contributed by atoms with Gasteiger partial charge in [0.1, 0.15) is 0 Å². The minimum absolute atomic E-state index is 0.00871. The van der Waals surface area contributed by atoms with Crippen molar-refractivity contribution in [3.8, 4) is 0 Å². The maximum absolute atomic E-state index is 12.4. The molecule has 0 aromatic heterocycles. The predicted molar refractivity (Wildman–Crippen MR) is 69.5 cm³/mol. The second-order valence-corrected chi connectivity index (χ2v) is 5.44. The lowest BCUT2D eigenvalue weighted by atomic mass is 9.93. The highest BCUT2D eigenvalue weighted by molar-refractivity contribution is 5.89. The van der Waals surface area contributed by atoms with Crippen molar-refractivity contribution < 1.29 is 14.7 Å². The summed E-state index contributed by atoms with van der Waals surface area (Å²) in [7, 11) is 0. The summed E-state index contributed by atoms with van der Waals surface area (Å²) in [6, 6.07) is 8.21. The summed E-state index contributed by atoms with van der Waals surface area (Å²) >= 11 is 0. The first kappa shape index (κ1) is 12.2. The summed E-state index contributed by atoms with van der Waals surface area (Å²) in [5, 5.41) is 8.92. The van der Waals surface area contributed by atoms with Crippen LogP contribution in [0.2, 0.25) is 0 Å². The van der Waals surface area contributed by atoms with Crippen LogP contribution in [0.3, 0.4) is 0 Å². The van der Waals surface area contributed by atoms with Crippen molar-refractivity contribution in [1.29, 1.82) is 0 Å². The maximum Gasteiger partial charge on any atom is 0.307 e. The van der Waals surface area contributed by atoms with Crippen LogP contribution in [-0.4, -0.2) is 28.4 Å². The molecule has 1 aliphatic carbocycles. The van der Waals surface area contributed by atoms with Gasteiger partial charge in [-0.3, -0.25) is 9.59 Å². The molecule has 1 aliphatic heterocycles. The number of aliphatic carboxylic acids is 1. The lowest BCUT2D eigenvalue weighted by molar-refractivity contribution is -0.142. The smallest absolute Gasteiger partial charge is 0.307 e. The Kier molecular flexibility index (Phi) is 2.81. The van der Waals surface area contributed by atoms with E-state index < -0.39 is 11.9 Å². The zero-order valence-electron chi connectivity index (χ0n) is 10.9. The molecule has 0 bridgehead atoms. The third kappa shape index (κ3) is 2.01. The number of nitrogens with zero attached hydrogens (tertiary/aromatic N) is 1. The fourth-order valence-electron chi connectivity index (χ4n) is 3.03. The average Bonchev–Trinajstić information content (AvgIpc) is 3.19. The Hall–Kier alpha value is -1.84. The van der Waals surface area contributed by atoms with Gasteiger partial charge in [0.2, 0.25) is 5.91 Å². The molecule has 3 rings (SSSR count). The Bertz CT molecular complexity index is 540. The van der Waals surface area contributed by atoms with E-state index >= 15 is 0 Å². The molecular weight excluding hydrogens is 242 g/mol. The van der Waals surface area contributed by atoms with Crippen molar-refractivity contribution in [2.24, 2.45) is 11.8 Å². The molecule has 1 aromatic rings. The van der Waals surface area contributed by atoms with Gasteiger partial charge in [-0.15, -0.1) is 0 Å². The van der Waals surface area contributed by atoms with Crippen molar-refractivity contribution in [2.45, 2.75) is 25.8 Å². The molecule has 0 saturated heterocycles. The van der Waals surface area contributed by atoms with Crippen molar-refractivity contribution in [3.63, 3.8) is 0 Å². The number of carboxylic acid groups (broad SMARTS) is 1. The van der Waals surface area contributed by atoms with Gasteiger partial charge in [0.15, 0.2) is 0 Å². The largest absolute Gasteiger partial charge is 0.481 e. The predicted octanol–water partition coefficient (Wildman–Crippen LogP) is 1.85. The topological polar surface area (TPSA) is 57.6 Å². The van der Waals surface area contributed by atoms with Crippen molar-refractivity contribution in [1.82, 2.24) is 4.90 Å². The molecule has 1 saturated carbocycles. The van der Waals surface area contributed by atoms with E-state index in [1.165, 1.54) is 11.1 Å². The molecule has 1 heterocycles. The van der Waals surface area contributed by atoms with Gasteiger partial charge >= 0.3 is 5.97 Å². The monoisotopic (exact) mass is 259 g/mol. The molecule has 0 radical (unpaired) electrons. The first-order valence-electron chi connectivity index (χ1n) is 6.70. The van der Waals surface area contributed by atoms with E-state index in [-0.39, 0.29) is 17.9 Å². The fourth-order valence-corrected chi connectivity index (χ4v) is 3.03. The summed E-state index contributed by atoms with van der Waals surface area (Å²) in [5.74, 6) is -1.60. The van der Waals surface area contributed by atoms with Crippen LogP contribution in [0, 0.1) is 11.8 Å². The van der Waals surface area contributed by atoms with Gasteiger partial charge in [-0.25, -0.2) is 0 Å². The van der Waals surface area contributed by atoms with Crippen LogP contribution in [0.25, 0.3) is 0 Å². The Labute approximate surface area is 112 Å². The second-order valence-electron chi connectivity index (χ2n) is 5.44. The minimum atomic E-state index is -0.844. The van der Waals surface area contributed by atoms with Crippen molar-refractivity contribution in [2.75, 3.05) is 6.54 Å². The lowest BCUT2D eigenvalue weighted by Gasteiger charge is -2.35. The second kappa shape index (κ2) is 4.37. The van der Waals surface area contributed by atoms with Crippen LogP contribution in [0.15, 0.2) is 24.3 Å². The van der Waals surface area contributed by atoms with Crippen molar-refractivity contribution >= 4 is 11.9 Å². The summed E-state index contributed by atoms with van der Waals surface area (Å²) in [5.41, 5.74) is 2.49. The summed E-state index contributed by atoms with van der Waals surface area (Å²) in [6.07, 6.45) is 1.36. The average molecular weight is 259 g/mol. The van der Waals surface area contributed by atoms with E-state index in [1.807, 2.05) is 24.0 Å². The summed E-state index contributed by atoms with van der Waals surface area (Å²) in [6.45, 7) is 2.72. The highest BCUT2D eigenvalue weighted by Gasteiger charge is 2.50. The minimum Gasteiger partial charge on any atom is -0.481 e. The van der Waals surface area contributed by atoms with Crippen LogP contribution in [0.4, 0.5) is 0 Å². The highest BCUT2D eigenvalue weighted by Crippen LogP contribution is 2.42. The number of carboxylic acids is 1. The fraction of sp³-hybridized carbons (Fsp3) is 0.467. The first-order valence-corrected chi connectivity index (χ1v) is 6.70. The van der Waals surface area contributed by atoms with Crippen molar-refractivity contribution in [3.05, 3.63) is 35.4 Å². The molecule has 1 fully saturated rings. The van der Waals surface area contributed by atoms with Gasteiger partial charge in [-0.2, -0.15) is 0 Å². The highest BCUT2D eigenvalue weighted by atomic mass is 16.4. The van der Waals surface area contributed by atoms with Gasteiger partial charge in [-0.05, 0) is 30.9 Å². The van der Waals surface area contributed by atoms with Crippen LogP contribution < -0.4 is 0 Å². The number of hydrogen-bond acceptors (Lipinski definition) is 2. The van der Waals surface area contributed by atoms with E-state index in [9.17, 15) is 9.59 Å². The van der Waals surface area contributed by atoms with E-state index in [2.05, 4.69) is 12.1 Å². The van der Waals surface area contributed by atoms with Gasteiger partial charge in [0.05, 0.1) is 17.9 Å². The van der Waals surface area contributed by atoms with Crippen LogP contribution in [-0.2, 0) is 16.0 Å². The maximum atomic E-state index is 12.4. The van der Waals surface area contributed by atoms with Crippen LogP contribution in [0.1, 0.15) is 30.5 Å². The number of rotatable bonds is 2. The van der Waals surface area contributed by atoms with Crippen LogP contribution >= 0.6 is 0 Å². The van der Waals surface area contributed by atoms with E-state index in [1.54, 1.807) is 0 Å². The molecule has 4 nitrogen and oxygen atoms in total. The quantitative estimate of drug-likeness (QED) is 0.881. The SMILES string of the molecule is CC1c2ccccc2CCN1C(=O)C1CC1C(=O)O. The van der Waals surface area contributed by atoms with E-state index in [0.717, 1.165) is 6.42 Å². The van der Waals surface area contributed by atoms with Gasteiger partial charge < -0.3 is 10.0 Å². The van der Waals surface area contributed by atoms with Gasteiger partial charge in [0.25, 0.3) is 0 Å². The summed E-state index contributed by atoms with van der Waals surface area (Å²) in [4.78, 5) is 25.1. The standard InChI is InChI=1S/C15H17NO3/c1-9-11-5-3-2-4-10(11)6-7-16(9)14(17)12-8-13(12)15(18)19/h2-5,9,12-13H,6-8H2,1H3,(H,18,19). The molecule has 100 valence electrons. The van der Waals surface area contributed by atoms with E-state index in [4.69, 9.17) is 5.11 Å². The summed E-state index contributed by atoms with van der Waals surface area (Å²) < 4.78 is 0. The Morgan fingerprint density at radius 3 is 2.68 bits per heavy atom. The zero-order chi connectivity index (χ0) is 13.6. The number of benzene rings is 1. The molecule has 4 heteroatoms. The number of carbonyl (C=O) groups excluding carboxylic acids is 1. The molecule has 1 aromatic carbocycles. The van der Waals surface area contributed by atoms with Crippen LogP contribution in [0.5, 0.6) is 0 Å². The van der Waals surface area contributed by atoms with Gasteiger partial charge in [0, 0.05) is 6.54 Å². The lowest BCUT2D eigenvalue weighted by Crippen LogP contribution is -2.40. The molecule has 3 unspecified atom stereocenters. The molecule has 2 aliphatic rings.